The van der Waals surface area contributed by atoms with Crippen LogP contribution in [0.3, 0.4) is 0 Å². The van der Waals surface area contributed by atoms with E-state index in [4.69, 9.17) is 14.2 Å². The van der Waals surface area contributed by atoms with Gasteiger partial charge in [-0.3, -0.25) is 9.69 Å². The van der Waals surface area contributed by atoms with Gasteiger partial charge in [-0.2, -0.15) is 0 Å². The molecule has 2 aromatic rings. The van der Waals surface area contributed by atoms with Crippen LogP contribution in [0.1, 0.15) is 30.4 Å². The van der Waals surface area contributed by atoms with E-state index in [0.717, 1.165) is 43.6 Å². The standard InChI is InChI=1S/C25H31FN2O4/c1-30-22-12-18(13-23(31-2)25(22)32-3)14-27-11-10-21-19(16-27)6-9-24(29)28(21)15-17-4-7-20(26)8-5-17/h4-5,7-8,12-13,19,21H,6,9-11,14-16H2,1-3H3/t19-,21+/m1/s1. The Hall–Kier alpha value is -2.80. The van der Waals surface area contributed by atoms with Crippen LogP contribution in [0.2, 0.25) is 0 Å². The Morgan fingerprint density at radius 3 is 2.25 bits per heavy atom. The second-order valence-corrected chi connectivity index (χ2v) is 8.57. The topological polar surface area (TPSA) is 51.2 Å². The smallest absolute Gasteiger partial charge is 0.223 e. The van der Waals surface area contributed by atoms with Crippen molar-refractivity contribution in [2.45, 2.75) is 38.4 Å². The Labute approximate surface area is 188 Å². The van der Waals surface area contributed by atoms with E-state index in [1.807, 2.05) is 17.0 Å². The molecule has 2 aliphatic heterocycles. The Kier molecular flexibility index (Phi) is 6.84. The summed E-state index contributed by atoms with van der Waals surface area (Å²) in [5, 5.41) is 0. The van der Waals surface area contributed by atoms with Gasteiger partial charge < -0.3 is 19.1 Å². The first-order valence-corrected chi connectivity index (χ1v) is 11.1. The molecule has 0 N–H and O–H groups in total. The molecule has 0 bridgehead atoms. The number of rotatable bonds is 7. The first kappa shape index (κ1) is 22.4. The van der Waals surface area contributed by atoms with E-state index in [1.54, 1.807) is 33.5 Å². The number of fused-ring (bicyclic) bond motifs is 1. The average molecular weight is 443 g/mol. The lowest BCUT2D eigenvalue weighted by molar-refractivity contribution is -0.142. The molecule has 0 aliphatic carbocycles. The summed E-state index contributed by atoms with van der Waals surface area (Å²) in [6, 6.07) is 10.7. The van der Waals surface area contributed by atoms with E-state index < -0.39 is 0 Å². The van der Waals surface area contributed by atoms with E-state index >= 15 is 0 Å². The van der Waals surface area contributed by atoms with Gasteiger partial charge in [-0.1, -0.05) is 12.1 Å². The molecule has 2 fully saturated rings. The Bertz CT molecular complexity index is 924. The molecule has 32 heavy (non-hydrogen) atoms. The summed E-state index contributed by atoms with van der Waals surface area (Å²) in [4.78, 5) is 17.1. The van der Waals surface area contributed by atoms with Crippen molar-refractivity contribution in [3.8, 4) is 17.2 Å². The summed E-state index contributed by atoms with van der Waals surface area (Å²) >= 11 is 0. The molecule has 0 unspecified atom stereocenters. The van der Waals surface area contributed by atoms with Crippen molar-refractivity contribution in [3.05, 3.63) is 53.3 Å². The fraction of sp³-hybridized carbons (Fsp3) is 0.480. The van der Waals surface area contributed by atoms with Crippen LogP contribution in [0.5, 0.6) is 17.2 Å². The van der Waals surface area contributed by atoms with E-state index in [2.05, 4.69) is 4.90 Å². The van der Waals surface area contributed by atoms with Gasteiger partial charge in [0, 0.05) is 38.6 Å². The molecule has 2 aromatic carbocycles. The van der Waals surface area contributed by atoms with E-state index in [-0.39, 0.29) is 17.8 Å². The number of amides is 1. The highest BCUT2D eigenvalue weighted by molar-refractivity contribution is 5.77. The van der Waals surface area contributed by atoms with Gasteiger partial charge in [-0.25, -0.2) is 4.39 Å². The van der Waals surface area contributed by atoms with Crippen LogP contribution in [0.15, 0.2) is 36.4 Å². The molecule has 0 spiro atoms. The molecule has 0 saturated carbocycles. The highest BCUT2D eigenvalue weighted by Gasteiger charge is 2.39. The van der Waals surface area contributed by atoms with Crippen molar-refractivity contribution in [1.82, 2.24) is 9.80 Å². The molecule has 1 amide bonds. The number of ether oxygens (including phenoxy) is 3. The minimum absolute atomic E-state index is 0.202. The van der Waals surface area contributed by atoms with Crippen molar-refractivity contribution >= 4 is 5.91 Å². The van der Waals surface area contributed by atoms with Crippen molar-refractivity contribution in [2.75, 3.05) is 34.4 Å². The Balaban J connectivity index is 1.45. The average Bonchev–Trinajstić information content (AvgIpc) is 2.81. The van der Waals surface area contributed by atoms with Crippen LogP contribution in [0.25, 0.3) is 0 Å². The van der Waals surface area contributed by atoms with Gasteiger partial charge in [0.25, 0.3) is 0 Å². The predicted octanol–water partition coefficient (Wildman–Crippen LogP) is 3.86. The zero-order valence-corrected chi connectivity index (χ0v) is 19.0. The third-order valence-electron chi connectivity index (χ3n) is 6.62. The first-order chi connectivity index (χ1) is 15.5. The van der Waals surface area contributed by atoms with Gasteiger partial charge in [0.15, 0.2) is 11.5 Å². The van der Waals surface area contributed by atoms with Crippen molar-refractivity contribution in [3.63, 3.8) is 0 Å². The third kappa shape index (κ3) is 4.67. The highest BCUT2D eigenvalue weighted by Crippen LogP contribution is 2.39. The minimum atomic E-state index is -0.253. The van der Waals surface area contributed by atoms with Crippen LogP contribution < -0.4 is 14.2 Å². The predicted molar refractivity (Wildman–Crippen MR) is 119 cm³/mol. The molecule has 2 atom stereocenters. The fourth-order valence-electron chi connectivity index (χ4n) is 5.05. The van der Waals surface area contributed by atoms with Crippen LogP contribution in [-0.2, 0) is 17.9 Å². The number of likely N-dealkylation sites (tertiary alicyclic amines) is 2. The fourth-order valence-corrected chi connectivity index (χ4v) is 5.05. The number of hydrogen-bond acceptors (Lipinski definition) is 5. The van der Waals surface area contributed by atoms with Crippen LogP contribution >= 0.6 is 0 Å². The second kappa shape index (κ2) is 9.77. The Morgan fingerprint density at radius 2 is 1.62 bits per heavy atom. The normalized spacial score (nSPS) is 21.2. The summed E-state index contributed by atoms with van der Waals surface area (Å²) in [5.74, 6) is 2.30. The molecule has 7 heteroatoms. The summed E-state index contributed by atoms with van der Waals surface area (Å²) in [6.45, 7) is 3.18. The summed E-state index contributed by atoms with van der Waals surface area (Å²) in [5.41, 5.74) is 2.08. The largest absolute Gasteiger partial charge is 0.493 e. The number of benzene rings is 2. The lowest BCUT2D eigenvalue weighted by Gasteiger charge is -2.47. The Morgan fingerprint density at radius 1 is 0.938 bits per heavy atom. The van der Waals surface area contributed by atoms with E-state index in [9.17, 15) is 9.18 Å². The maximum absolute atomic E-state index is 13.3. The van der Waals surface area contributed by atoms with Gasteiger partial charge in [0.1, 0.15) is 5.82 Å². The summed E-state index contributed by atoms with van der Waals surface area (Å²) in [7, 11) is 4.86. The number of carbonyl (C=O) groups is 1. The monoisotopic (exact) mass is 442 g/mol. The first-order valence-electron chi connectivity index (χ1n) is 11.1. The summed E-state index contributed by atoms with van der Waals surface area (Å²) < 4.78 is 29.7. The molecule has 0 radical (unpaired) electrons. The lowest BCUT2D eigenvalue weighted by atomic mass is 9.83. The van der Waals surface area contributed by atoms with Crippen LogP contribution in [0.4, 0.5) is 4.39 Å². The highest BCUT2D eigenvalue weighted by atomic mass is 19.1. The van der Waals surface area contributed by atoms with Crippen LogP contribution in [-0.4, -0.2) is 56.2 Å². The number of nitrogens with zero attached hydrogens (tertiary/aromatic N) is 2. The third-order valence-corrected chi connectivity index (χ3v) is 6.62. The van der Waals surface area contributed by atoms with Gasteiger partial charge in [-0.05, 0) is 54.2 Å². The van der Waals surface area contributed by atoms with Crippen molar-refractivity contribution in [2.24, 2.45) is 5.92 Å². The van der Waals surface area contributed by atoms with Gasteiger partial charge >= 0.3 is 0 Å². The maximum atomic E-state index is 13.3. The molecule has 2 aliphatic rings. The van der Waals surface area contributed by atoms with Gasteiger partial charge in [0.05, 0.1) is 21.3 Å². The second-order valence-electron chi connectivity index (χ2n) is 8.57. The van der Waals surface area contributed by atoms with Gasteiger partial charge in [0.2, 0.25) is 11.7 Å². The molecular formula is C25H31FN2O4. The zero-order chi connectivity index (χ0) is 22.7. The van der Waals surface area contributed by atoms with Crippen molar-refractivity contribution < 1.29 is 23.4 Å². The van der Waals surface area contributed by atoms with Gasteiger partial charge in [-0.15, -0.1) is 0 Å². The summed E-state index contributed by atoms with van der Waals surface area (Å²) in [6.07, 6.45) is 2.41. The number of piperidine rings is 2. The molecule has 2 heterocycles. The molecular weight excluding hydrogens is 411 g/mol. The molecule has 6 nitrogen and oxygen atoms in total. The number of carbonyl (C=O) groups excluding carboxylic acids is 1. The molecule has 2 saturated heterocycles. The van der Waals surface area contributed by atoms with E-state index in [1.165, 1.54) is 12.1 Å². The number of hydrogen-bond donors (Lipinski definition) is 0. The SMILES string of the molecule is COc1cc(CN2CC[C@H]3[C@H](CCC(=O)N3Cc3ccc(F)cc3)C2)cc(OC)c1OC. The quantitative estimate of drug-likeness (QED) is 0.652. The molecule has 172 valence electrons. The zero-order valence-electron chi connectivity index (χ0n) is 19.0. The van der Waals surface area contributed by atoms with Crippen LogP contribution in [0, 0.1) is 11.7 Å². The number of methoxy groups -OCH3 is 3. The molecule has 0 aromatic heterocycles. The van der Waals surface area contributed by atoms with Crippen molar-refractivity contribution in [1.29, 1.82) is 0 Å². The number of halogens is 1. The van der Waals surface area contributed by atoms with E-state index in [0.29, 0.717) is 36.1 Å². The molecule has 4 rings (SSSR count). The maximum Gasteiger partial charge on any atom is 0.223 e. The minimum Gasteiger partial charge on any atom is -0.493 e. The lowest BCUT2D eigenvalue weighted by Crippen LogP contribution is -2.55.